The van der Waals surface area contributed by atoms with Gasteiger partial charge in [-0.25, -0.2) is 4.79 Å². The Bertz CT molecular complexity index is 1110. The van der Waals surface area contributed by atoms with Gasteiger partial charge in [0.15, 0.2) is 0 Å². The van der Waals surface area contributed by atoms with Crippen molar-refractivity contribution in [3.05, 3.63) is 54.1 Å². The van der Waals surface area contributed by atoms with Crippen molar-refractivity contribution >= 4 is 17.5 Å². The van der Waals surface area contributed by atoms with Gasteiger partial charge in [0, 0.05) is 30.5 Å². The molecule has 0 radical (unpaired) electrons. The molecule has 1 N–H and O–H groups in total. The fourth-order valence-corrected chi connectivity index (χ4v) is 3.01. The van der Waals surface area contributed by atoms with Crippen LogP contribution >= 0.6 is 0 Å². The number of rotatable bonds is 7. The van der Waals surface area contributed by atoms with Crippen molar-refractivity contribution in [2.75, 3.05) is 18.9 Å². The van der Waals surface area contributed by atoms with Gasteiger partial charge in [0.2, 0.25) is 5.82 Å². The molecule has 1 heterocycles. The van der Waals surface area contributed by atoms with Gasteiger partial charge in [0.05, 0.1) is 12.1 Å². The summed E-state index contributed by atoms with van der Waals surface area (Å²) in [6, 6.07) is 12.0. The van der Waals surface area contributed by atoms with Crippen molar-refractivity contribution in [3.8, 4) is 11.4 Å². The predicted molar refractivity (Wildman–Crippen MR) is 121 cm³/mol. The largest absolute Gasteiger partial charge is 0.444 e. The van der Waals surface area contributed by atoms with Crippen molar-refractivity contribution in [1.82, 2.24) is 25.1 Å². The first-order valence-corrected chi connectivity index (χ1v) is 10.7. The van der Waals surface area contributed by atoms with Crippen LogP contribution < -0.4 is 5.32 Å². The van der Waals surface area contributed by atoms with E-state index in [1.165, 1.54) is 21.8 Å². The summed E-state index contributed by atoms with van der Waals surface area (Å²) in [7, 11) is 1.66. The average molecular weight is 477 g/mol. The van der Waals surface area contributed by atoms with E-state index in [1.807, 2.05) is 26.8 Å². The smallest absolute Gasteiger partial charge is 0.416 e. The lowest BCUT2D eigenvalue weighted by Crippen LogP contribution is -2.35. The van der Waals surface area contributed by atoms with Crippen LogP contribution in [0.25, 0.3) is 11.4 Å². The van der Waals surface area contributed by atoms with Gasteiger partial charge >= 0.3 is 12.3 Å². The van der Waals surface area contributed by atoms with Gasteiger partial charge in [-0.05, 0) is 68.8 Å². The van der Waals surface area contributed by atoms with Crippen LogP contribution in [0, 0.1) is 0 Å². The number of anilines is 2. The van der Waals surface area contributed by atoms with Crippen LogP contribution in [-0.2, 0) is 17.5 Å². The molecule has 0 fully saturated rings. The maximum atomic E-state index is 12.8. The van der Waals surface area contributed by atoms with E-state index in [2.05, 4.69) is 20.7 Å². The van der Waals surface area contributed by atoms with E-state index >= 15 is 0 Å². The Hall–Kier alpha value is -3.63. The number of benzene rings is 2. The Labute approximate surface area is 195 Å². The third kappa shape index (κ3) is 6.93. The standard InChI is InChI=1S/C23H27F3N6O2/c1-22(2,3)34-21(33)31(4)14-7-15-32-29-20(28-30-32)18-8-5-6-9-19(18)27-17-12-10-16(11-13-17)23(24,25)26/h5-6,8-13,27H,7,14-15H2,1-4H3. The number of alkyl halides is 3. The molecule has 0 unspecified atom stereocenters. The number of tetrazole rings is 1. The summed E-state index contributed by atoms with van der Waals surface area (Å²) in [6.45, 7) is 6.32. The number of carbonyl (C=O) groups excluding carboxylic acids is 1. The molecular weight excluding hydrogens is 449 g/mol. The lowest BCUT2D eigenvalue weighted by molar-refractivity contribution is -0.137. The summed E-state index contributed by atoms with van der Waals surface area (Å²) in [6.07, 6.45) is -4.19. The number of para-hydroxylation sites is 1. The van der Waals surface area contributed by atoms with Crippen LogP contribution in [-0.4, -0.2) is 50.4 Å². The predicted octanol–water partition coefficient (Wildman–Crippen LogP) is 5.36. The molecule has 0 aliphatic carbocycles. The Morgan fingerprint density at radius 1 is 1.09 bits per heavy atom. The van der Waals surface area contributed by atoms with E-state index in [0.29, 0.717) is 42.3 Å². The van der Waals surface area contributed by atoms with Crippen molar-refractivity contribution in [1.29, 1.82) is 0 Å². The highest BCUT2D eigenvalue weighted by atomic mass is 19.4. The second-order valence-corrected chi connectivity index (χ2v) is 8.71. The molecule has 0 atom stereocenters. The minimum absolute atomic E-state index is 0.371. The maximum absolute atomic E-state index is 12.8. The molecule has 1 amide bonds. The van der Waals surface area contributed by atoms with Gasteiger partial charge in [-0.3, -0.25) is 0 Å². The molecule has 1 aromatic heterocycles. The van der Waals surface area contributed by atoms with E-state index in [9.17, 15) is 18.0 Å². The SMILES string of the molecule is CN(CCCn1nnc(-c2ccccc2Nc2ccc(C(F)(F)F)cc2)n1)C(=O)OC(C)(C)C. The molecule has 2 aromatic carbocycles. The van der Waals surface area contributed by atoms with Crippen molar-refractivity contribution in [3.63, 3.8) is 0 Å². The van der Waals surface area contributed by atoms with E-state index in [1.54, 1.807) is 25.2 Å². The Balaban J connectivity index is 1.63. The van der Waals surface area contributed by atoms with Gasteiger partial charge in [0.1, 0.15) is 5.60 Å². The molecule has 0 aliphatic rings. The minimum atomic E-state index is -4.39. The number of aryl methyl sites for hydroxylation is 1. The highest BCUT2D eigenvalue weighted by molar-refractivity contribution is 5.77. The zero-order chi connectivity index (χ0) is 24.9. The van der Waals surface area contributed by atoms with Crippen molar-refractivity contribution in [2.24, 2.45) is 0 Å². The Morgan fingerprint density at radius 3 is 2.41 bits per heavy atom. The minimum Gasteiger partial charge on any atom is -0.444 e. The number of hydrogen-bond acceptors (Lipinski definition) is 6. The number of halogens is 3. The number of hydrogen-bond donors (Lipinski definition) is 1. The number of carbonyl (C=O) groups is 1. The summed E-state index contributed by atoms with van der Waals surface area (Å²) < 4.78 is 43.7. The normalized spacial score (nSPS) is 11.9. The maximum Gasteiger partial charge on any atom is 0.416 e. The molecule has 3 rings (SSSR count). The van der Waals surface area contributed by atoms with Crippen molar-refractivity contribution in [2.45, 2.75) is 45.5 Å². The van der Waals surface area contributed by atoms with E-state index in [4.69, 9.17) is 4.74 Å². The molecule has 34 heavy (non-hydrogen) atoms. The van der Waals surface area contributed by atoms with Crippen LogP contribution in [0.1, 0.15) is 32.8 Å². The fourth-order valence-electron chi connectivity index (χ4n) is 3.01. The summed E-state index contributed by atoms with van der Waals surface area (Å²) in [5.74, 6) is 0.371. The second kappa shape index (κ2) is 10.1. The zero-order valence-electron chi connectivity index (χ0n) is 19.4. The number of amides is 1. The van der Waals surface area contributed by atoms with Crippen LogP contribution in [0.5, 0.6) is 0 Å². The summed E-state index contributed by atoms with van der Waals surface area (Å²) in [4.78, 5) is 15.0. The van der Waals surface area contributed by atoms with Crippen molar-refractivity contribution < 1.29 is 22.7 Å². The zero-order valence-corrected chi connectivity index (χ0v) is 19.4. The number of ether oxygens (including phenoxy) is 1. The number of nitrogens with zero attached hydrogens (tertiary/aromatic N) is 5. The molecule has 3 aromatic rings. The second-order valence-electron chi connectivity index (χ2n) is 8.71. The monoisotopic (exact) mass is 476 g/mol. The molecule has 0 bridgehead atoms. The average Bonchev–Trinajstić information content (AvgIpc) is 3.21. The lowest BCUT2D eigenvalue weighted by atomic mass is 10.1. The first kappa shape index (κ1) is 25.0. The lowest BCUT2D eigenvalue weighted by Gasteiger charge is -2.24. The van der Waals surface area contributed by atoms with Crippen LogP contribution in [0.3, 0.4) is 0 Å². The third-order valence-corrected chi connectivity index (χ3v) is 4.67. The van der Waals surface area contributed by atoms with Gasteiger partial charge < -0.3 is 15.0 Å². The first-order chi connectivity index (χ1) is 15.9. The van der Waals surface area contributed by atoms with Gasteiger partial charge in [0.25, 0.3) is 0 Å². The Morgan fingerprint density at radius 2 is 1.76 bits per heavy atom. The molecule has 11 heteroatoms. The molecular formula is C23H27F3N6O2. The van der Waals surface area contributed by atoms with Crippen LogP contribution in [0.2, 0.25) is 0 Å². The van der Waals surface area contributed by atoms with Crippen LogP contribution in [0.15, 0.2) is 48.5 Å². The highest BCUT2D eigenvalue weighted by Gasteiger charge is 2.30. The summed E-state index contributed by atoms with van der Waals surface area (Å²) in [5, 5.41) is 15.7. The van der Waals surface area contributed by atoms with E-state index in [0.717, 1.165) is 12.1 Å². The molecule has 0 saturated heterocycles. The number of aromatic nitrogens is 4. The topological polar surface area (TPSA) is 85.2 Å². The quantitative estimate of drug-likeness (QED) is 0.494. The van der Waals surface area contributed by atoms with E-state index in [-0.39, 0.29) is 0 Å². The summed E-state index contributed by atoms with van der Waals surface area (Å²) in [5.41, 5.74) is 0.507. The van der Waals surface area contributed by atoms with Gasteiger partial charge in [-0.2, -0.15) is 18.0 Å². The molecule has 0 aliphatic heterocycles. The first-order valence-electron chi connectivity index (χ1n) is 10.7. The number of nitrogens with one attached hydrogen (secondary N) is 1. The fraction of sp³-hybridized carbons (Fsp3) is 0.391. The third-order valence-electron chi connectivity index (χ3n) is 4.67. The molecule has 0 saturated carbocycles. The van der Waals surface area contributed by atoms with Gasteiger partial charge in [-0.1, -0.05) is 12.1 Å². The van der Waals surface area contributed by atoms with Crippen LogP contribution in [0.4, 0.5) is 29.3 Å². The molecule has 8 nitrogen and oxygen atoms in total. The Kier molecular flexibility index (Phi) is 7.43. The van der Waals surface area contributed by atoms with E-state index < -0.39 is 23.4 Å². The van der Waals surface area contributed by atoms with Gasteiger partial charge in [-0.15, -0.1) is 10.2 Å². The molecule has 182 valence electrons. The molecule has 0 spiro atoms. The highest BCUT2D eigenvalue weighted by Crippen LogP contribution is 2.32. The summed E-state index contributed by atoms with van der Waals surface area (Å²) >= 11 is 0.